The number of nitrogens with zero attached hydrogens (tertiary/aromatic N) is 3. The van der Waals surface area contributed by atoms with E-state index < -0.39 is 23.6 Å². The Labute approximate surface area is 182 Å². The zero-order chi connectivity index (χ0) is 23.0. The number of pyridine rings is 1. The Hall–Kier alpha value is -3.69. The third-order valence-corrected chi connectivity index (χ3v) is 5.58. The second kappa shape index (κ2) is 8.45. The van der Waals surface area contributed by atoms with E-state index in [1.807, 2.05) is 13.0 Å². The van der Waals surface area contributed by atoms with Crippen LogP contribution >= 0.6 is 0 Å². The number of likely N-dealkylation sites (tertiary alicyclic amines) is 1. The Kier molecular flexibility index (Phi) is 5.68. The number of imidazole rings is 1. The van der Waals surface area contributed by atoms with Gasteiger partial charge in [0.2, 0.25) is 0 Å². The van der Waals surface area contributed by atoms with Crippen LogP contribution in [0.2, 0.25) is 0 Å². The number of hydrogen-bond donors (Lipinski definition) is 3. The number of amides is 2. The minimum atomic E-state index is -1.01. The van der Waals surface area contributed by atoms with Crippen molar-refractivity contribution in [2.24, 2.45) is 0 Å². The quantitative estimate of drug-likeness (QED) is 0.573. The Balaban J connectivity index is 1.82. The van der Waals surface area contributed by atoms with Gasteiger partial charge in [0, 0.05) is 37.9 Å². The van der Waals surface area contributed by atoms with E-state index in [1.54, 1.807) is 16.7 Å². The van der Waals surface area contributed by atoms with Crippen LogP contribution in [-0.4, -0.2) is 57.6 Å². The molecule has 0 radical (unpaired) electrons. The first-order chi connectivity index (χ1) is 15.3. The molecule has 3 N–H and O–H groups in total. The smallest absolute Gasteiger partial charge is 0.407 e. The second-order valence-corrected chi connectivity index (χ2v) is 7.85. The van der Waals surface area contributed by atoms with Crippen molar-refractivity contribution in [2.75, 3.05) is 25.5 Å². The van der Waals surface area contributed by atoms with Gasteiger partial charge in [-0.15, -0.1) is 0 Å². The molecule has 0 aliphatic carbocycles. The SMILES string of the molecule is CNC(=O)c1cc(F)c(-c2nc3cc(C)ccn3c2NC2CCCN(C(=O)O)C2)c(F)c1. The maximum Gasteiger partial charge on any atom is 0.407 e. The van der Waals surface area contributed by atoms with Crippen LogP contribution < -0.4 is 10.6 Å². The molecule has 3 heterocycles. The lowest BCUT2D eigenvalue weighted by atomic mass is 10.0. The average Bonchev–Trinajstić information content (AvgIpc) is 3.09. The number of carboxylic acid groups (broad SMARTS) is 1. The van der Waals surface area contributed by atoms with E-state index in [2.05, 4.69) is 15.6 Å². The first kappa shape index (κ1) is 21.5. The normalized spacial score (nSPS) is 16.2. The number of halogens is 2. The molecule has 10 heteroatoms. The molecule has 0 spiro atoms. The van der Waals surface area contributed by atoms with Crippen LogP contribution in [0.3, 0.4) is 0 Å². The van der Waals surface area contributed by atoms with E-state index in [-0.39, 0.29) is 29.4 Å². The standard InChI is InChI=1S/C22H23F2N5O3/c1-12-5-7-29-17(8-12)27-19(18-15(23)9-13(10-16(18)24)21(30)25-2)20(29)26-14-4-3-6-28(11-14)22(31)32/h5,7-10,14,26H,3-4,6,11H2,1-2H3,(H,25,30)(H,31,32). The third kappa shape index (κ3) is 3.95. The molecule has 32 heavy (non-hydrogen) atoms. The predicted molar refractivity (Wildman–Crippen MR) is 115 cm³/mol. The van der Waals surface area contributed by atoms with E-state index in [9.17, 15) is 14.7 Å². The largest absolute Gasteiger partial charge is 0.465 e. The van der Waals surface area contributed by atoms with Crippen molar-refractivity contribution in [2.45, 2.75) is 25.8 Å². The summed E-state index contributed by atoms with van der Waals surface area (Å²) < 4.78 is 31.8. The van der Waals surface area contributed by atoms with Gasteiger partial charge in [0.05, 0.1) is 5.56 Å². The summed E-state index contributed by atoms with van der Waals surface area (Å²) in [5.41, 5.74) is 0.979. The molecule has 1 aromatic carbocycles. The summed E-state index contributed by atoms with van der Waals surface area (Å²) in [6, 6.07) is 5.33. The van der Waals surface area contributed by atoms with E-state index in [0.29, 0.717) is 30.9 Å². The van der Waals surface area contributed by atoms with Crippen LogP contribution in [0.25, 0.3) is 16.9 Å². The molecule has 4 rings (SSSR count). The zero-order valence-electron chi connectivity index (χ0n) is 17.7. The molecule has 168 valence electrons. The van der Waals surface area contributed by atoms with Crippen molar-refractivity contribution in [1.29, 1.82) is 0 Å². The molecule has 2 aromatic heterocycles. The number of benzene rings is 1. The Morgan fingerprint density at radius 3 is 2.59 bits per heavy atom. The van der Waals surface area contributed by atoms with E-state index in [4.69, 9.17) is 0 Å². The van der Waals surface area contributed by atoms with E-state index in [0.717, 1.165) is 17.7 Å². The fraction of sp³-hybridized carbons (Fsp3) is 0.318. The fourth-order valence-corrected chi connectivity index (χ4v) is 4.00. The third-order valence-electron chi connectivity index (χ3n) is 5.58. The number of carbonyl (C=O) groups excluding carboxylic acids is 1. The van der Waals surface area contributed by atoms with Crippen molar-refractivity contribution in [1.82, 2.24) is 19.6 Å². The van der Waals surface area contributed by atoms with Crippen LogP contribution in [0.15, 0.2) is 30.5 Å². The number of fused-ring (bicyclic) bond motifs is 1. The minimum Gasteiger partial charge on any atom is -0.465 e. The van der Waals surface area contributed by atoms with Crippen molar-refractivity contribution in [3.63, 3.8) is 0 Å². The molecule has 0 bridgehead atoms. The molecule has 3 aromatic rings. The highest BCUT2D eigenvalue weighted by Gasteiger charge is 2.27. The van der Waals surface area contributed by atoms with E-state index in [1.165, 1.54) is 11.9 Å². The van der Waals surface area contributed by atoms with Gasteiger partial charge in [-0.2, -0.15) is 0 Å². The Morgan fingerprint density at radius 1 is 1.22 bits per heavy atom. The summed E-state index contributed by atoms with van der Waals surface area (Å²) in [5.74, 6) is -2.07. The highest BCUT2D eigenvalue weighted by molar-refractivity contribution is 5.94. The maximum absolute atomic E-state index is 15.0. The molecule has 0 saturated carbocycles. The molecular formula is C22H23F2N5O3. The van der Waals surface area contributed by atoms with Gasteiger partial charge in [-0.05, 0) is 49.6 Å². The highest BCUT2D eigenvalue weighted by Crippen LogP contribution is 2.34. The molecule has 1 unspecified atom stereocenters. The summed E-state index contributed by atoms with van der Waals surface area (Å²) in [4.78, 5) is 29.0. The zero-order valence-corrected chi connectivity index (χ0v) is 17.7. The summed E-state index contributed by atoms with van der Waals surface area (Å²) in [5, 5.41) is 14.9. The van der Waals surface area contributed by atoms with Crippen molar-refractivity contribution < 1.29 is 23.5 Å². The summed E-state index contributed by atoms with van der Waals surface area (Å²) in [6.07, 6.45) is 2.10. The lowest BCUT2D eigenvalue weighted by Crippen LogP contribution is -2.44. The molecule has 8 nitrogen and oxygen atoms in total. The van der Waals surface area contributed by atoms with Gasteiger partial charge < -0.3 is 20.6 Å². The molecule has 1 saturated heterocycles. The monoisotopic (exact) mass is 443 g/mol. The summed E-state index contributed by atoms with van der Waals surface area (Å²) in [7, 11) is 1.38. The maximum atomic E-state index is 15.0. The van der Waals surface area contributed by atoms with Gasteiger partial charge in [-0.1, -0.05) is 0 Å². The number of aromatic nitrogens is 2. The van der Waals surface area contributed by atoms with Crippen molar-refractivity contribution >= 4 is 23.5 Å². The number of nitrogens with one attached hydrogen (secondary N) is 2. The average molecular weight is 443 g/mol. The number of rotatable bonds is 4. The summed E-state index contributed by atoms with van der Waals surface area (Å²) in [6.45, 7) is 2.57. The van der Waals surface area contributed by atoms with Gasteiger partial charge in [-0.3, -0.25) is 9.20 Å². The molecular weight excluding hydrogens is 420 g/mol. The fourth-order valence-electron chi connectivity index (χ4n) is 4.00. The minimum absolute atomic E-state index is 0.0569. The number of aryl methyl sites for hydroxylation is 1. The predicted octanol–water partition coefficient (Wildman–Crippen LogP) is 3.50. The van der Waals surface area contributed by atoms with Gasteiger partial charge in [0.1, 0.15) is 28.8 Å². The first-order valence-corrected chi connectivity index (χ1v) is 10.2. The molecule has 1 atom stereocenters. The number of hydrogen-bond acceptors (Lipinski definition) is 4. The number of carbonyl (C=O) groups is 2. The number of anilines is 1. The Bertz CT molecular complexity index is 1190. The number of piperidine rings is 1. The van der Waals surface area contributed by atoms with Crippen LogP contribution in [-0.2, 0) is 0 Å². The van der Waals surface area contributed by atoms with Gasteiger partial charge >= 0.3 is 6.09 Å². The van der Waals surface area contributed by atoms with Crippen LogP contribution in [0.1, 0.15) is 28.8 Å². The Morgan fingerprint density at radius 2 is 1.94 bits per heavy atom. The van der Waals surface area contributed by atoms with Crippen LogP contribution in [0.5, 0.6) is 0 Å². The molecule has 2 amide bonds. The molecule has 1 aliphatic rings. The molecule has 1 fully saturated rings. The lowest BCUT2D eigenvalue weighted by Gasteiger charge is -2.31. The van der Waals surface area contributed by atoms with Crippen LogP contribution in [0.4, 0.5) is 19.4 Å². The van der Waals surface area contributed by atoms with Gasteiger partial charge in [0.15, 0.2) is 0 Å². The highest BCUT2D eigenvalue weighted by atomic mass is 19.1. The molecule has 1 aliphatic heterocycles. The van der Waals surface area contributed by atoms with Crippen molar-refractivity contribution in [3.05, 3.63) is 53.2 Å². The van der Waals surface area contributed by atoms with Crippen LogP contribution in [0, 0.1) is 18.6 Å². The summed E-state index contributed by atoms with van der Waals surface area (Å²) >= 11 is 0. The van der Waals surface area contributed by atoms with Gasteiger partial charge in [-0.25, -0.2) is 18.6 Å². The first-order valence-electron chi connectivity index (χ1n) is 10.2. The topological polar surface area (TPSA) is 99.0 Å². The lowest BCUT2D eigenvalue weighted by molar-refractivity contribution is 0.0962. The van der Waals surface area contributed by atoms with Gasteiger partial charge in [0.25, 0.3) is 5.91 Å². The second-order valence-electron chi connectivity index (χ2n) is 7.85. The van der Waals surface area contributed by atoms with E-state index >= 15 is 8.78 Å². The van der Waals surface area contributed by atoms with Crippen molar-refractivity contribution in [3.8, 4) is 11.3 Å².